The van der Waals surface area contributed by atoms with Crippen LogP contribution in [0.5, 0.6) is 0 Å². The Hall–Kier alpha value is -1.09. The van der Waals surface area contributed by atoms with Gasteiger partial charge in [-0.1, -0.05) is 51.5 Å². The lowest BCUT2D eigenvalue weighted by molar-refractivity contribution is 0.105. The van der Waals surface area contributed by atoms with Gasteiger partial charge in [0.1, 0.15) is 4.99 Å². The molecule has 0 atom stereocenters. The van der Waals surface area contributed by atoms with E-state index in [2.05, 4.69) is 58.1 Å². The molecule has 0 saturated heterocycles. The van der Waals surface area contributed by atoms with Crippen molar-refractivity contribution < 1.29 is 0 Å². The monoisotopic (exact) mass is 304 g/mol. The van der Waals surface area contributed by atoms with Crippen molar-refractivity contribution in [3.05, 3.63) is 29.3 Å². The molecule has 1 aromatic carbocycles. The van der Waals surface area contributed by atoms with E-state index in [0.29, 0.717) is 21.9 Å². The summed E-state index contributed by atoms with van der Waals surface area (Å²) in [4.78, 5) is 0.468. The molecular formula is C18H28N2S. The summed E-state index contributed by atoms with van der Waals surface area (Å²) >= 11 is 5.20. The van der Waals surface area contributed by atoms with Crippen LogP contribution in [-0.4, -0.2) is 11.0 Å². The first kappa shape index (κ1) is 16.3. The van der Waals surface area contributed by atoms with Crippen LogP contribution in [0.1, 0.15) is 58.1 Å². The molecule has 116 valence electrons. The summed E-state index contributed by atoms with van der Waals surface area (Å²) < 4.78 is 0. The lowest BCUT2D eigenvalue weighted by atomic mass is 9.63. The predicted molar refractivity (Wildman–Crippen MR) is 95.9 cm³/mol. The second-order valence-electron chi connectivity index (χ2n) is 8.17. The molecule has 1 saturated carbocycles. The second kappa shape index (κ2) is 5.60. The molecule has 0 spiro atoms. The maximum absolute atomic E-state index is 5.89. The molecule has 21 heavy (non-hydrogen) atoms. The standard InChI is InChI=1S/C18H28N2S/c1-12-6-7-15(14(8-12)16(19)21)20-13-9-17(2,3)11-18(4,5)10-13/h6-8,13,20H,9-11H2,1-5H3,(H2,19,21). The molecule has 3 N–H and O–H groups in total. The SMILES string of the molecule is Cc1ccc(NC2CC(C)(C)CC(C)(C)C2)c(C(N)=S)c1. The topological polar surface area (TPSA) is 38.0 Å². The van der Waals surface area contributed by atoms with E-state index in [4.69, 9.17) is 18.0 Å². The third-order valence-electron chi connectivity index (χ3n) is 4.36. The molecule has 0 heterocycles. The number of aryl methyl sites for hydroxylation is 1. The number of benzene rings is 1. The summed E-state index contributed by atoms with van der Waals surface area (Å²) in [5.74, 6) is 0. The quantitative estimate of drug-likeness (QED) is 0.799. The number of thiocarbonyl (C=S) groups is 1. The van der Waals surface area contributed by atoms with Gasteiger partial charge in [-0.15, -0.1) is 0 Å². The summed E-state index contributed by atoms with van der Waals surface area (Å²) in [5, 5.41) is 3.70. The minimum absolute atomic E-state index is 0.369. The molecule has 1 aliphatic rings. The number of nitrogens with two attached hydrogens (primary N) is 1. The lowest BCUT2D eigenvalue weighted by Gasteiger charge is -2.45. The van der Waals surface area contributed by atoms with Crippen LogP contribution >= 0.6 is 12.2 Å². The maximum Gasteiger partial charge on any atom is 0.106 e. The van der Waals surface area contributed by atoms with Crippen LogP contribution in [-0.2, 0) is 0 Å². The lowest BCUT2D eigenvalue weighted by Crippen LogP contribution is -2.40. The first-order valence-corrected chi connectivity index (χ1v) is 8.16. The maximum atomic E-state index is 5.89. The highest BCUT2D eigenvalue weighted by atomic mass is 32.1. The highest BCUT2D eigenvalue weighted by molar-refractivity contribution is 7.80. The van der Waals surface area contributed by atoms with E-state index < -0.39 is 0 Å². The minimum atomic E-state index is 0.369. The summed E-state index contributed by atoms with van der Waals surface area (Å²) in [7, 11) is 0. The van der Waals surface area contributed by atoms with Crippen molar-refractivity contribution in [2.75, 3.05) is 5.32 Å². The van der Waals surface area contributed by atoms with Crippen molar-refractivity contribution in [1.29, 1.82) is 0 Å². The van der Waals surface area contributed by atoms with Crippen molar-refractivity contribution in [3.8, 4) is 0 Å². The Bertz CT molecular complexity index is 530. The molecule has 1 fully saturated rings. The summed E-state index contributed by atoms with van der Waals surface area (Å²) in [6.45, 7) is 11.5. The van der Waals surface area contributed by atoms with Gasteiger partial charge >= 0.3 is 0 Å². The Morgan fingerprint density at radius 2 is 1.76 bits per heavy atom. The minimum Gasteiger partial charge on any atom is -0.389 e. The van der Waals surface area contributed by atoms with Crippen molar-refractivity contribution >= 4 is 22.9 Å². The molecule has 1 aromatic rings. The number of nitrogens with one attached hydrogen (secondary N) is 1. The Balaban J connectivity index is 2.24. The van der Waals surface area contributed by atoms with Crippen LogP contribution in [0.15, 0.2) is 18.2 Å². The number of hydrogen-bond donors (Lipinski definition) is 2. The fourth-order valence-corrected chi connectivity index (χ4v) is 4.32. The largest absolute Gasteiger partial charge is 0.389 e. The highest BCUT2D eigenvalue weighted by Gasteiger charge is 2.38. The van der Waals surface area contributed by atoms with E-state index >= 15 is 0 Å². The summed E-state index contributed by atoms with van der Waals surface area (Å²) in [6.07, 6.45) is 3.64. The third kappa shape index (κ3) is 4.19. The Morgan fingerprint density at radius 1 is 1.19 bits per heavy atom. The van der Waals surface area contributed by atoms with Gasteiger partial charge in [-0.2, -0.15) is 0 Å². The van der Waals surface area contributed by atoms with Gasteiger partial charge in [0, 0.05) is 17.3 Å². The first-order chi connectivity index (χ1) is 9.58. The summed E-state index contributed by atoms with van der Waals surface area (Å²) in [6, 6.07) is 6.77. The van der Waals surface area contributed by atoms with Gasteiger partial charge in [0.25, 0.3) is 0 Å². The van der Waals surface area contributed by atoms with Gasteiger partial charge in [-0.25, -0.2) is 0 Å². The van der Waals surface area contributed by atoms with E-state index in [0.717, 1.165) is 11.3 Å². The van der Waals surface area contributed by atoms with Crippen molar-refractivity contribution in [2.24, 2.45) is 16.6 Å². The average molecular weight is 305 g/mol. The molecular weight excluding hydrogens is 276 g/mol. The average Bonchev–Trinajstić information content (AvgIpc) is 2.27. The zero-order valence-corrected chi connectivity index (χ0v) is 14.7. The summed E-state index contributed by atoms with van der Waals surface area (Å²) in [5.41, 5.74) is 9.85. The van der Waals surface area contributed by atoms with Crippen molar-refractivity contribution in [2.45, 2.75) is 59.9 Å². The Morgan fingerprint density at radius 3 is 2.29 bits per heavy atom. The van der Waals surface area contributed by atoms with Crippen LogP contribution < -0.4 is 11.1 Å². The zero-order chi connectivity index (χ0) is 15.8. The van der Waals surface area contributed by atoms with E-state index in [-0.39, 0.29) is 0 Å². The van der Waals surface area contributed by atoms with E-state index in [1.165, 1.54) is 24.8 Å². The first-order valence-electron chi connectivity index (χ1n) is 7.75. The number of rotatable bonds is 3. The molecule has 0 radical (unpaired) electrons. The number of anilines is 1. The molecule has 2 rings (SSSR count). The second-order valence-corrected chi connectivity index (χ2v) is 8.61. The smallest absolute Gasteiger partial charge is 0.106 e. The van der Waals surface area contributed by atoms with Crippen molar-refractivity contribution in [3.63, 3.8) is 0 Å². The van der Waals surface area contributed by atoms with Gasteiger partial charge in [0.2, 0.25) is 0 Å². The molecule has 0 unspecified atom stereocenters. The molecule has 2 nitrogen and oxygen atoms in total. The van der Waals surface area contributed by atoms with Crippen LogP contribution in [0.2, 0.25) is 0 Å². The fourth-order valence-electron chi connectivity index (χ4n) is 4.16. The highest BCUT2D eigenvalue weighted by Crippen LogP contribution is 2.46. The van der Waals surface area contributed by atoms with Crippen LogP contribution in [0.3, 0.4) is 0 Å². The van der Waals surface area contributed by atoms with Crippen LogP contribution in [0.4, 0.5) is 5.69 Å². The molecule has 0 bridgehead atoms. The van der Waals surface area contributed by atoms with E-state index in [1.807, 2.05) is 0 Å². The number of hydrogen-bond acceptors (Lipinski definition) is 2. The van der Waals surface area contributed by atoms with Crippen LogP contribution in [0.25, 0.3) is 0 Å². The van der Waals surface area contributed by atoms with E-state index in [1.54, 1.807) is 0 Å². The predicted octanol–water partition coefficient (Wildman–Crippen LogP) is 4.65. The third-order valence-corrected chi connectivity index (χ3v) is 4.58. The molecule has 0 amide bonds. The van der Waals surface area contributed by atoms with Crippen molar-refractivity contribution in [1.82, 2.24) is 0 Å². The van der Waals surface area contributed by atoms with Gasteiger partial charge in [0.05, 0.1) is 0 Å². The van der Waals surface area contributed by atoms with Gasteiger partial charge in [-0.05, 0) is 49.1 Å². The molecule has 0 aliphatic heterocycles. The van der Waals surface area contributed by atoms with Gasteiger partial charge in [-0.3, -0.25) is 0 Å². The fraction of sp³-hybridized carbons (Fsp3) is 0.611. The Labute approximate surface area is 134 Å². The molecule has 0 aromatic heterocycles. The molecule has 3 heteroatoms. The zero-order valence-electron chi connectivity index (χ0n) is 13.9. The molecule has 1 aliphatic carbocycles. The van der Waals surface area contributed by atoms with Gasteiger partial charge in [0.15, 0.2) is 0 Å². The Kier molecular flexibility index (Phi) is 4.34. The normalized spacial score (nSPS) is 21.0. The van der Waals surface area contributed by atoms with Crippen LogP contribution in [0, 0.1) is 17.8 Å². The van der Waals surface area contributed by atoms with E-state index in [9.17, 15) is 0 Å². The van der Waals surface area contributed by atoms with Gasteiger partial charge < -0.3 is 11.1 Å².